The number of halogens is 1. The monoisotopic (exact) mass is 244 g/mol. The maximum Gasteiger partial charge on any atom is 0.151 e. The van der Waals surface area contributed by atoms with Crippen LogP contribution in [0.2, 0.25) is 5.15 Å². The third-order valence-electron chi connectivity index (χ3n) is 2.44. The third-order valence-corrected chi connectivity index (χ3v) is 4.15. The molecule has 0 bridgehead atoms. The molecule has 0 radical (unpaired) electrons. The summed E-state index contributed by atoms with van der Waals surface area (Å²) in [5.41, 5.74) is 0.975. The average molecular weight is 245 g/mol. The Balaban J connectivity index is 1.85. The van der Waals surface area contributed by atoms with Gasteiger partial charge < -0.3 is 4.74 Å². The van der Waals surface area contributed by atoms with Gasteiger partial charge in [-0.2, -0.15) is 5.10 Å². The van der Waals surface area contributed by atoms with Crippen LogP contribution < -0.4 is 0 Å². The van der Waals surface area contributed by atoms with Crippen LogP contribution in [0, 0.1) is 0 Å². The van der Waals surface area contributed by atoms with E-state index < -0.39 is 0 Å². The zero-order valence-corrected chi connectivity index (χ0v) is 10.1. The molecule has 2 unspecified atom stereocenters. The normalized spacial score (nSPS) is 25.7. The first kappa shape index (κ1) is 11.2. The van der Waals surface area contributed by atoms with Crippen LogP contribution in [0.1, 0.15) is 19.0 Å². The first-order valence-electron chi connectivity index (χ1n) is 4.97. The Hall–Kier alpha value is -0.320. The van der Waals surface area contributed by atoms with E-state index >= 15 is 0 Å². The number of aromatic nitrogens is 2. The number of hydrogen-bond donors (Lipinski definition) is 0. The van der Waals surface area contributed by atoms with Crippen molar-refractivity contribution in [3.63, 3.8) is 0 Å². The molecule has 3 nitrogen and oxygen atoms in total. The Kier molecular flexibility index (Phi) is 3.83. The first-order chi connectivity index (χ1) is 7.25. The quantitative estimate of drug-likeness (QED) is 0.819. The fourth-order valence-corrected chi connectivity index (χ4v) is 2.80. The minimum absolute atomic E-state index is 0.357. The Labute approximate surface area is 98.6 Å². The lowest BCUT2D eigenvalue weighted by atomic mass is 10.3. The van der Waals surface area contributed by atoms with Gasteiger partial charge >= 0.3 is 0 Å². The highest BCUT2D eigenvalue weighted by atomic mass is 35.5. The summed E-state index contributed by atoms with van der Waals surface area (Å²) in [4.78, 5) is 0. The Morgan fingerprint density at radius 3 is 3.00 bits per heavy atom. The standard InChI is InChI=1S/C10H13ClN2OS/c1-7-9(4-5-14-7)15-6-8-2-3-10(11)13-12-8/h2-3,7,9H,4-6H2,1H3. The second-order valence-electron chi connectivity index (χ2n) is 3.56. The van der Waals surface area contributed by atoms with Gasteiger partial charge in [-0.25, -0.2) is 0 Å². The fraction of sp³-hybridized carbons (Fsp3) is 0.600. The molecule has 1 aliphatic heterocycles. The summed E-state index contributed by atoms with van der Waals surface area (Å²) < 4.78 is 5.49. The lowest BCUT2D eigenvalue weighted by Crippen LogP contribution is -2.13. The van der Waals surface area contributed by atoms with E-state index in [-0.39, 0.29) is 0 Å². The summed E-state index contributed by atoms with van der Waals surface area (Å²) in [6.07, 6.45) is 1.49. The SMILES string of the molecule is CC1OCCC1SCc1ccc(Cl)nn1. The predicted molar refractivity (Wildman–Crippen MR) is 62.2 cm³/mol. The Bertz CT molecular complexity index is 320. The first-order valence-corrected chi connectivity index (χ1v) is 6.39. The lowest BCUT2D eigenvalue weighted by molar-refractivity contribution is 0.127. The summed E-state index contributed by atoms with van der Waals surface area (Å²) in [6.45, 7) is 3.00. The number of hydrogen-bond acceptors (Lipinski definition) is 4. The summed E-state index contributed by atoms with van der Waals surface area (Å²) in [7, 11) is 0. The van der Waals surface area contributed by atoms with Crippen molar-refractivity contribution in [1.29, 1.82) is 0 Å². The largest absolute Gasteiger partial charge is 0.377 e. The van der Waals surface area contributed by atoms with Crippen LogP contribution in [0.5, 0.6) is 0 Å². The highest BCUT2D eigenvalue weighted by Crippen LogP contribution is 2.28. The molecular weight excluding hydrogens is 232 g/mol. The molecule has 0 aromatic carbocycles. The molecule has 15 heavy (non-hydrogen) atoms. The number of thioether (sulfide) groups is 1. The van der Waals surface area contributed by atoms with E-state index in [0.717, 1.165) is 24.5 Å². The molecule has 1 fully saturated rings. The molecule has 1 aromatic rings. The van der Waals surface area contributed by atoms with Gasteiger partial charge in [0.25, 0.3) is 0 Å². The second-order valence-corrected chi connectivity index (χ2v) is 5.18. The van der Waals surface area contributed by atoms with Crippen LogP contribution in [-0.4, -0.2) is 28.2 Å². The van der Waals surface area contributed by atoms with E-state index in [9.17, 15) is 0 Å². The smallest absolute Gasteiger partial charge is 0.151 e. The van der Waals surface area contributed by atoms with Crippen LogP contribution >= 0.6 is 23.4 Å². The van der Waals surface area contributed by atoms with E-state index in [1.54, 1.807) is 6.07 Å². The van der Waals surface area contributed by atoms with Gasteiger partial charge in [0.2, 0.25) is 0 Å². The van der Waals surface area contributed by atoms with Crippen LogP contribution in [0.15, 0.2) is 12.1 Å². The van der Waals surface area contributed by atoms with E-state index in [4.69, 9.17) is 16.3 Å². The second kappa shape index (κ2) is 5.14. The number of ether oxygens (including phenoxy) is 1. The van der Waals surface area contributed by atoms with Gasteiger partial charge in [-0.05, 0) is 25.5 Å². The number of rotatable bonds is 3. The summed E-state index contributed by atoms with van der Waals surface area (Å²) >= 11 is 7.54. The molecule has 1 aromatic heterocycles. The van der Waals surface area contributed by atoms with Crippen molar-refractivity contribution in [3.8, 4) is 0 Å². The molecule has 1 saturated heterocycles. The molecule has 2 atom stereocenters. The topological polar surface area (TPSA) is 35.0 Å². The van der Waals surface area contributed by atoms with Gasteiger partial charge in [0.05, 0.1) is 11.8 Å². The highest BCUT2D eigenvalue weighted by Gasteiger charge is 2.24. The van der Waals surface area contributed by atoms with Crippen LogP contribution in [0.3, 0.4) is 0 Å². The van der Waals surface area contributed by atoms with Crippen LogP contribution in [-0.2, 0) is 10.5 Å². The highest BCUT2D eigenvalue weighted by molar-refractivity contribution is 7.99. The van der Waals surface area contributed by atoms with Gasteiger partial charge in [0.15, 0.2) is 5.15 Å². The Morgan fingerprint density at radius 1 is 1.53 bits per heavy atom. The van der Waals surface area contributed by atoms with Crippen molar-refractivity contribution in [2.24, 2.45) is 0 Å². The molecular formula is C10H13ClN2OS. The summed E-state index contributed by atoms with van der Waals surface area (Å²) in [5.74, 6) is 0.878. The lowest BCUT2D eigenvalue weighted by Gasteiger charge is -2.12. The number of nitrogens with zero attached hydrogens (tertiary/aromatic N) is 2. The van der Waals surface area contributed by atoms with E-state index in [1.165, 1.54) is 0 Å². The van der Waals surface area contributed by atoms with Crippen molar-refractivity contribution in [3.05, 3.63) is 23.0 Å². The molecule has 1 aliphatic rings. The van der Waals surface area contributed by atoms with Gasteiger partial charge in [-0.3, -0.25) is 0 Å². The minimum atomic E-state index is 0.357. The van der Waals surface area contributed by atoms with Gasteiger partial charge in [-0.15, -0.1) is 16.9 Å². The summed E-state index contributed by atoms with van der Waals surface area (Å²) in [6, 6.07) is 3.70. The zero-order valence-electron chi connectivity index (χ0n) is 8.52. The summed E-state index contributed by atoms with van der Waals surface area (Å²) in [5, 5.41) is 8.87. The zero-order chi connectivity index (χ0) is 10.7. The molecule has 5 heteroatoms. The Morgan fingerprint density at radius 2 is 2.40 bits per heavy atom. The van der Waals surface area contributed by atoms with Crippen LogP contribution in [0.4, 0.5) is 0 Å². The third kappa shape index (κ3) is 3.06. The van der Waals surface area contributed by atoms with E-state index in [0.29, 0.717) is 16.5 Å². The predicted octanol–water partition coefficient (Wildman–Crippen LogP) is 2.54. The average Bonchev–Trinajstić information content (AvgIpc) is 2.63. The van der Waals surface area contributed by atoms with Crippen molar-refractivity contribution in [2.45, 2.75) is 30.5 Å². The maximum atomic E-state index is 5.66. The van der Waals surface area contributed by atoms with Crippen molar-refractivity contribution in [2.75, 3.05) is 6.61 Å². The molecule has 2 heterocycles. The van der Waals surface area contributed by atoms with Gasteiger partial charge in [0, 0.05) is 17.6 Å². The maximum absolute atomic E-state index is 5.66. The molecule has 82 valence electrons. The van der Waals surface area contributed by atoms with Gasteiger partial charge in [-0.1, -0.05) is 11.6 Å². The molecule has 0 amide bonds. The van der Waals surface area contributed by atoms with Crippen molar-refractivity contribution >= 4 is 23.4 Å². The van der Waals surface area contributed by atoms with Crippen LogP contribution in [0.25, 0.3) is 0 Å². The molecule has 0 saturated carbocycles. The fourth-order valence-electron chi connectivity index (χ4n) is 1.54. The molecule has 2 rings (SSSR count). The van der Waals surface area contributed by atoms with E-state index in [2.05, 4.69) is 17.1 Å². The molecule has 0 aliphatic carbocycles. The van der Waals surface area contributed by atoms with Crippen molar-refractivity contribution in [1.82, 2.24) is 10.2 Å². The van der Waals surface area contributed by atoms with Crippen molar-refractivity contribution < 1.29 is 4.74 Å². The molecule has 0 spiro atoms. The molecule has 0 N–H and O–H groups in total. The van der Waals surface area contributed by atoms with E-state index in [1.807, 2.05) is 17.8 Å². The minimum Gasteiger partial charge on any atom is -0.377 e. The van der Waals surface area contributed by atoms with Gasteiger partial charge in [0.1, 0.15) is 0 Å².